The van der Waals surface area contributed by atoms with E-state index >= 15 is 0 Å². The number of nitrogens with zero attached hydrogens (tertiary/aromatic N) is 4. The molecule has 4 heterocycles. The van der Waals surface area contributed by atoms with Crippen molar-refractivity contribution in [3.05, 3.63) is 77.7 Å². The molecule has 1 aromatic carbocycles. The van der Waals surface area contributed by atoms with Gasteiger partial charge in [-0.3, -0.25) is 14.7 Å². The SMILES string of the molecule is Cc1c(C(=O)NC2CCN(c3ccc(CN4CCNCC4)cn3)CC2)cccc1-c1cccnc1. The molecule has 1 amide bonds. The van der Waals surface area contributed by atoms with E-state index in [1.54, 1.807) is 6.20 Å². The summed E-state index contributed by atoms with van der Waals surface area (Å²) in [5.74, 6) is 1.03. The van der Waals surface area contributed by atoms with Crippen LogP contribution in [0.4, 0.5) is 5.82 Å². The zero-order valence-electron chi connectivity index (χ0n) is 20.4. The van der Waals surface area contributed by atoms with Crippen molar-refractivity contribution in [2.45, 2.75) is 32.4 Å². The van der Waals surface area contributed by atoms with Crippen LogP contribution in [0.25, 0.3) is 11.1 Å². The van der Waals surface area contributed by atoms with Crippen LogP contribution < -0.4 is 15.5 Å². The molecule has 0 saturated carbocycles. The quantitative estimate of drug-likeness (QED) is 0.576. The number of hydrogen-bond acceptors (Lipinski definition) is 6. The van der Waals surface area contributed by atoms with Gasteiger partial charge in [0.2, 0.25) is 0 Å². The van der Waals surface area contributed by atoms with E-state index in [4.69, 9.17) is 4.98 Å². The summed E-state index contributed by atoms with van der Waals surface area (Å²) in [6.07, 6.45) is 7.45. The number of amides is 1. The van der Waals surface area contributed by atoms with Crippen molar-refractivity contribution >= 4 is 11.7 Å². The number of anilines is 1. The van der Waals surface area contributed by atoms with Gasteiger partial charge in [-0.05, 0) is 54.7 Å². The van der Waals surface area contributed by atoms with Crippen LogP contribution >= 0.6 is 0 Å². The molecule has 0 unspecified atom stereocenters. The van der Waals surface area contributed by atoms with Gasteiger partial charge in [-0.15, -0.1) is 0 Å². The van der Waals surface area contributed by atoms with Crippen molar-refractivity contribution in [2.75, 3.05) is 44.2 Å². The number of nitrogens with one attached hydrogen (secondary N) is 2. The molecule has 7 nitrogen and oxygen atoms in total. The van der Waals surface area contributed by atoms with Crippen molar-refractivity contribution in [1.29, 1.82) is 0 Å². The fourth-order valence-corrected chi connectivity index (χ4v) is 5.06. The zero-order chi connectivity index (χ0) is 24.0. The van der Waals surface area contributed by atoms with E-state index in [-0.39, 0.29) is 11.9 Å². The molecule has 7 heteroatoms. The van der Waals surface area contributed by atoms with Crippen LogP contribution in [0.2, 0.25) is 0 Å². The second-order valence-corrected chi connectivity index (χ2v) is 9.51. The molecule has 5 rings (SSSR count). The molecule has 0 aliphatic carbocycles. The van der Waals surface area contributed by atoms with Crippen LogP contribution in [0.3, 0.4) is 0 Å². The van der Waals surface area contributed by atoms with Crippen molar-refractivity contribution in [2.24, 2.45) is 0 Å². The van der Waals surface area contributed by atoms with E-state index in [1.807, 2.05) is 49.6 Å². The molecule has 2 aliphatic rings. The number of carbonyl (C=O) groups excluding carboxylic acids is 1. The average Bonchev–Trinajstić information content (AvgIpc) is 2.91. The number of hydrogen-bond donors (Lipinski definition) is 2. The summed E-state index contributed by atoms with van der Waals surface area (Å²) in [7, 11) is 0. The fraction of sp³-hybridized carbons (Fsp3) is 0.393. The molecule has 2 saturated heterocycles. The molecule has 2 N–H and O–H groups in total. The van der Waals surface area contributed by atoms with E-state index in [1.165, 1.54) is 5.56 Å². The molecule has 0 atom stereocenters. The maximum atomic E-state index is 13.1. The lowest BCUT2D eigenvalue weighted by Gasteiger charge is -2.33. The number of benzene rings is 1. The average molecular weight is 471 g/mol. The molecule has 2 aliphatic heterocycles. The molecule has 3 aromatic rings. The van der Waals surface area contributed by atoms with E-state index < -0.39 is 0 Å². The van der Waals surface area contributed by atoms with Gasteiger partial charge in [-0.1, -0.05) is 24.3 Å². The highest BCUT2D eigenvalue weighted by atomic mass is 16.1. The van der Waals surface area contributed by atoms with Gasteiger partial charge in [0.25, 0.3) is 5.91 Å². The molecule has 2 fully saturated rings. The van der Waals surface area contributed by atoms with E-state index in [0.717, 1.165) is 86.7 Å². The lowest BCUT2D eigenvalue weighted by Crippen LogP contribution is -2.45. The first kappa shape index (κ1) is 23.5. The van der Waals surface area contributed by atoms with Gasteiger partial charge in [-0.25, -0.2) is 4.98 Å². The van der Waals surface area contributed by atoms with Crippen LogP contribution in [0.5, 0.6) is 0 Å². The smallest absolute Gasteiger partial charge is 0.251 e. The zero-order valence-corrected chi connectivity index (χ0v) is 20.4. The van der Waals surface area contributed by atoms with Crippen LogP contribution in [0.1, 0.15) is 34.3 Å². The van der Waals surface area contributed by atoms with Gasteiger partial charge >= 0.3 is 0 Å². The Morgan fingerprint density at radius 2 is 1.86 bits per heavy atom. The molecule has 0 radical (unpaired) electrons. The highest BCUT2D eigenvalue weighted by Crippen LogP contribution is 2.25. The van der Waals surface area contributed by atoms with Crippen molar-refractivity contribution in [3.63, 3.8) is 0 Å². The third-order valence-electron chi connectivity index (χ3n) is 7.13. The van der Waals surface area contributed by atoms with Gasteiger partial charge in [0.1, 0.15) is 5.82 Å². The minimum Gasteiger partial charge on any atom is -0.356 e. The van der Waals surface area contributed by atoms with Crippen LogP contribution in [-0.4, -0.2) is 66.1 Å². The topological polar surface area (TPSA) is 73.4 Å². The molecule has 0 bridgehead atoms. The van der Waals surface area contributed by atoms with Crippen LogP contribution in [0.15, 0.2) is 61.1 Å². The predicted octanol–water partition coefficient (Wildman–Crippen LogP) is 3.26. The molecule has 0 spiro atoms. The van der Waals surface area contributed by atoms with Gasteiger partial charge in [0.15, 0.2) is 0 Å². The summed E-state index contributed by atoms with van der Waals surface area (Å²) in [6.45, 7) is 9.07. The minimum atomic E-state index is 0.00193. The molecular formula is C28H34N6O. The van der Waals surface area contributed by atoms with Crippen molar-refractivity contribution in [3.8, 4) is 11.1 Å². The standard InChI is InChI=1S/C28H34N6O/c1-21-25(23-4-3-11-30-19-23)5-2-6-26(21)28(35)32-24-9-14-34(15-10-24)27-8-7-22(18-31-27)20-33-16-12-29-13-17-33/h2-8,11,18-19,24,29H,9-10,12-17,20H2,1H3,(H,32,35). The Labute approximate surface area is 207 Å². The summed E-state index contributed by atoms with van der Waals surface area (Å²) in [6, 6.07) is 14.4. The number of piperidine rings is 1. The van der Waals surface area contributed by atoms with Gasteiger partial charge < -0.3 is 15.5 Å². The number of rotatable bonds is 6. The van der Waals surface area contributed by atoms with E-state index in [0.29, 0.717) is 0 Å². The van der Waals surface area contributed by atoms with Crippen LogP contribution in [-0.2, 0) is 6.54 Å². The molecule has 2 aromatic heterocycles. The van der Waals surface area contributed by atoms with E-state index in [2.05, 4.69) is 37.6 Å². The maximum Gasteiger partial charge on any atom is 0.251 e. The minimum absolute atomic E-state index is 0.00193. The lowest BCUT2D eigenvalue weighted by molar-refractivity contribution is 0.0930. The largest absolute Gasteiger partial charge is 0.356 e. The van der Waals surface area contributed by atoms with Crippen LogP contribution in [0, 0.1) is 6.92 Å². The second kappa shape index (κ2) is 11.0. The highest BCUT2D eigenvalue weighted by Gasteiger charge is 2.23. The normalized spacial score (nSPS) is 17.3. The number of aromatic nitrogens is 2. The first-order valence-electron chi connectivity index (χ1n) is 12.6. The summed E-state index contributed by atoms with van der Waals surface area (Å²) in [5, 5.41) is 6.67. The number of carbonyl (C=O) groups is 1. The summed E-state index contributed by atoms with van der Waals surface area (Å²) >= 11 is 0. The molecular weight excluding hydrogens is 436 g/mol. The van der Waals surface area contributed by atoms with Gasteiger partial charge in [0, 0.05) is 81.6 Å². The van der Waals surface area contributed by atoms with E-state index in [9.17, 15) is 4.79 Å². The Hall–Kier alpha value is -3.29. The molecule has 35 heavy (non-hydrogen) atoms. The van der Waals surface area contributed by atoms with Gasteiger partial charge in [0.05, 0.1) is 0 Å². The summed E-state index contributed by atoms with van der Waals surface area (Å²) < 4.78 is 0. The first-order valence-corrected chi connectivity index (χ1v) is 12.6. The Kier molecular flexibility index (Phi) is 7.35. The number of pyridine rings is 2. The Balaban J connectivity index is 1.15. The summed E-state index contributed by atoms with van der Waals surface area (Å²) in [5.41, 5.74) is 5.06. The Morgan fingerprint density at radius 1 is 1.03 bits per heavy atom. The maximum absolute atomic E-state index is 13.1. The highest BCUT2D eigenvalue weighted by molar-refractivity contribution is 5.97. The third-order valence-corrected chi connectivity index (χ3v) is 7.13. The summed E-state index contributed by atoms with van der Waals surface area (Å²) in [4.78, 5) is 26.9. The number of piperazine rings is 1. The Morgan fingerprint density at radius 3 is 2.57 bits per heavy atom. The Bertz CT molecular complexity index is 1120. The second-order valence-electron chi connectivity index (χ2n) is 9.51. The lowest BCUT2D eigenvalue weighted by atomic mass is 9.96. The molecule has 182 valence electrons. The van der Waals surface area contributed by atoms with Crippen molar-refractivity contribution < 1.29 is 4.79 Å². The third kappa shape index (κ3) is 5.69. The first-order chi connectivity index (χ1) is 17.2. The van der Waals surface area contributed by atoms with Gasteiger partial charge in [-0.2, -0.15) is 0 Å². The fourth-order valence-electron chi connectivity index (χ4n) is 5.06. The monoisotopic (exact) mass is 470 g/mol. The predicted molar refractivity (Wildman–Crippen MR) is 139 cm³/mol. The van der Waals surface area contributed by atoms with Crippen molar-refractivity contribution in [1.82, 2.24) is 25.5 Å².